The molecule has 2 aliphatic rings. The first-order valence-electron chi connectivity index (χ1n) is 17.7. The van der Waals surface area contributed by atoms with Crippen LogP contribution >= 0.6 is 11.6 Å². The first kappa shape index (κ1) is 45.1. The van der Waals surface area contributed by atoms with Crippen molar-refractivity contribution in [1.82, 2.24) is 0 Å². The molecule has 0 bridgehead atoms. The van der Waals surface area contributed by atoms with E-state index >= 15 is 0 Å². The molecule has 280 valence electrons. The number of aliphatic hydroxyl groups excluding tert-OH is 2. The SMILES string of the molecule is C#CO.CC/C=C/C(OCN)C(O)CCC(=O)CC(C)C(C)/C(Cl)=C/C=C/C=C(C)/C=C/C=C/COC1CC(C(=O)O)CCC(O)(C2CC2)C1. The Hall–Kier alpha value is -2.97. The molecule has 0 heterocycles. The maximum atomic E-state index is 12.6. The number of halogens is 1. The number of carboxylic acid groups (broad SMARTS) is 1. The predicted octanol–water partition coefficient (Wildman–Crippen LogP) is 7.11. The van der Waals surface area contributed by atoms with Gasteiger partial charge in [-0.2, -0.15) is 0 Å². The van der Waals surface area contributed by atoms with Gasteiger partial charge in [0.25, 0.3) is 0 Å². The number of carbonyl (C=O) groups is 2. The van der Waals surface area contributed by atoms with Crippen LogP contribution in [0.25, 0.3) is 0 Å². The van der Waals surface area contributed by atoms with E-state index in [9.17, 15) is 24.9 Å². The third kappa shape index (κ3) is 18.3. The number of hydrogen-bond donors (Lipinski definition) is 5. The van der Waals surface area contributed by atoms with Gasteiger partial charge in [0.05, 0.1) is 37.1 Å². The van der Waals surface area contributed by atoms with Gasteiger partial charge in [0.1, 0.15) is 18.0 Å². The Balaban J connectivity index is 0.00000401. The van der Waals surface area contributed by atoms with E-state index in [1.165, 1.54) is 6.11 Å². The summed E-state index contributed by atoms with van der Waals surface area (Å²) in [5.41, 5.74) is 5.71. The van der Waals surface area contributed by atoms with Crippen LogP contribution in [0.5, 0.6) is 0 Å². The fourth-order valence-corrected chi connectivity index (χ4v) is 6.22. The smallest absolute Gasteiger partial charge is 0.306 e. The Kier molecular flexibility index (Phi) is 22.6. The third-order valence-corrected chi connectivity index (χ3v) is 9.76. The highest BCUT2D eigenvalue weighted by atomic mass is 35.5. The number of ketones is 1. The number of nitrogens with two attached hydrogens (primary N) is 1. The van der Waals surface area contributed by atoms with E-state index in [1.807, 2.05) is 82.4 Å². The van der Waals surface area contributed by atoms with Crippen LogP contribution in [0, 0.1) is 36.2 Å². The zero-order valence-electron chi connectivity index (χ0n) is 30.3. The highest BCUT2D eigenvalue weighted by Gasteiger charge is 2.47. The number of rotatable bonds is 21. The molecule has 0 amide bonds. The second-order valence-electron chi connectivity index (χ2n) is 13.4. The number of carboxylic acids is 1. The normalized spacial score (nSPS) is 24.5. The molecule has 2 aliphatic carbocycles. The second kappa shape index (κ2) is 25.1. The van der Waals surface area contributed by atoms with E-state index in [2.05, 4.69) is 6.42 Å². The van der Waals surface area contributed by atoms with Crippen LogP contribution in [0.2, 0.25) is 0 Å². The van der Waals surface area contributed by atoms with Crippen LogP contribution in [0.15, 0.2) is 71.4 Å². The summed E-state index contributed by atoms with van der Waals surface area (Å²) in [6.45, 7) is 8.37. The van der Waals surface area contributed by atoms with Gasteiger partial charge in [0.2, 0.25) is 0 Å². The summed E-state index contributed by atoms with van der Waals surface area (Å²) in [4.78, 5) is 24.2. The van der Waals surface area contributed by atoms with Crippen molar-refractivity contribution in [1.29, 1.82) is 0 Å². The lowest BCUT2D eigenvalue weighted by Crippen LogP contribution is -2.35. The molecule has 2 fully saturated rings. The minimum Gasteiger partial charge on any atom is -0.481 e. The molecule has 0 aliphatic heterocycles. The van der Waals surface area contributed by atoms with Gasteiger partial charge in [-0.05, 0) is 75.7 Å². The molecule has 2 rings (SSSR count). The van der Waals surface area contributed by atoms with E-state index in [-0.39, 0.29) is 42.8 Å². The fraction of sp³-hybridized carbons (Fsp3) is 0.600. The van der Waals surface area contributed by atoms with Gasteiger partial charge in [-0.1, -0.05) is 99.1 Å². The van der Waals surface area contributed by atoms with Crippen LogP contribution in [0.3, 0.4) is 0 Å². The van der Waals surface area contributed by atoms with Crippen molar-refractivity contribution in [2.45, 2.75) is 116 Å². The molecular weight excluding hydrogens is 658 g/mol. The molecule has 0 radical (unpaired) electrons. The van der Waals surface area contributed by atoms with E-state index in [0.29, 0.717) is 50.2 Å². The lowest BCUT2D eigenvalue weighted by Gasteiger charge is -2.29. The van der Waals surface area contributed by atoms with E-state index in [0.717, 1.165) is 24.8 Å². The lowest BCUT2D eigenvalue weighted by atomic mass is 9.88. The largest absolute Gasteiger partial charge is 0.481 e. The molecule has 50 heavy (non-hydrogen) atoms. The van der Waals surface area contributed by atoms with Crippen LogP contribution in [0.4, 0.5) is 0 Å². The summed E-state index contributed by atoms with van der Waals surface area (Å²) in [5, 5.41) is 38.8. The first-order chi connectivity index (χ1) is 23.8. The maximum absolute atomic E-state index is 12.6. The third-order valence-electron chi connectivity index (χ3n) is 9.29. The van der Waals surface area contributed by atoms with Crippen LogP contribution in [0.1, 0.15) is 91.9 Å². The van der Waals surface area contributed by atoms with Gasteiger partial charge in [-0.25, -0.2) is 0 Å². The van der Waals surface area contributed by atoms with Gasteiger partial charge in [0, 0.05) is 24.3 Å². The highest BCUT2D eigenvalue weighted by Crippen LogP contribution is 2.47. The predicted molar refractivity (Wildman–Crippen MR) is 199 cm³/mol. The number of ether oxygens (including phenoxy) is 2. The van der Waals surface area contributed by atoms with Crippen molar-refractivity contribution >= 4 is 23.4 Å². The van der Waals surface area contributed by atoms with E-state index < -0.39 is 29.7 Å². The molecule has 7 unspecified atom stereocenters. The Morgan fingerprint density at radius 2 is 1.80 bits per heavy atom. The van der Waals surface area contributed by atoms with Crippen molar-refractivity contribution < 1.29 is 39.5 Å². The first-order valence-corrected chi connectivity index (χ1v) is 18.1. The van der Waals surface area contributed by atoms with E-state index in [4.69, 9.17) is 31.9 Å². The summed E-state index contributed by atoms with van der Waals surface area (Å²) < 4.78 is 11.4. The molecule has 0 saturated heterocycles. The summed E-state index contributed by atoms with van der Waals surface area (Å²) >= 11 is 6.56. The number of aliphatic carboxylic acids is 1. The molecule has 7 atom stereocenters. The Bertz CT molecular complexity index is 1240. The van der Waals surface area contributed by atoms with E-state index in [1.54, 1.807) is 6.08 Å². The standard InChI is InChI=1S/C38H58ClNO7.C2H2O/c1-5-6-15-36(47-26-40)35(42)19-18-32(41)23-28(3)29(4)34(39)14-10-9-13-27(2)12-8-7-11-22-46-33-24-30(37(43)44)20-21-38(45,25-33)31-16-17-31;1-2-3/h6-15,28-31,33,35-36,42,45H,5,16-26,40H2,1-4H3,(H,43,44);1,3H/b10-9+,11-7+,12-8+,15-6+,27-13+,34-14-;. The Labute approximate surface area is 304 Å². The molecule has 0 aromatic carbocycles. The molecule has 10 heteroatoms. The minimum absolute atomic E-state index is 0.00355. The zero-order chi connectivity index (χ0) is 37.5. The number of hydrogen-bond acceptors (Lipinski definition) is 8. The number of Topliss-reactive ketones (excluding diaryl/α,β-unsaturated/α-hetero) is 1. The van der Waals surface area contributed by atoms with Crippen LogP contribution in [-0.4, -0.2) is 69.4 Å². The van der Waals surface area contributed by atoms with Crippen molar-refractivity contribution in [3.63, 3.8) is 0 Å². The van der Waals surface area contributed by atoms with Gasteiger partial charge < -0.3 is 35.6 Å². The summed E-state index contributed by atoms with van der Waals surface area (Å²) in [7, 11) is 0. The monoisotopic (exact) mass is 717 g/mol. The van der Waals surface area contributed by atoms with Crippen LogP contribution in [-0.2, 0) is 19.1 Å². The van der Waals surface area contributed by atoms with Crippen LogP contribution < -0.4 is 5.73 Å². The highest BCUT2D eigenvalue weighted by molar-refractivity contribution is 6.30. The van der Waals surface area contributed by atoms with Gasteiger partial charge in [-0.15, -0.1) is 0 Å². The quantitative estimate of drug-likeness (QED) is 0.0274. The molecule has 9 nitrogen and oxygen atoms in total. The summed E-state index contributed by atoms with van der Waals surface area (Å²) in [6, 6.07) is 0. The number of allylic oxidation sites excluding steroid dienone is 10. The molecular formula is C40H60ClNO8. The van der Waals surface area contributed by atoms with Gasteiger partial charge >= 0.3 is 5.97 Å². The number of carbonyl (C=O) groups excluding carboxylic acids is 1. The summed E-state index contributed by atoms with van der Waals surface area (Å²) in [5.74, 6) is -0.871. The molecule has 0 aromatic heterocycles. The average molecular weight is 718 g/mol. The van der Waals surface area contributed by atoms with Crippen molar-refractivity contribution in [2.24, 2.45) is 29.4 Å². The molecule has 0 aromatic rings. The number of terminal acetylenes is 1. The molecule has 0 spiro atoms. The molecule has 6 N–H and O–H groups in total. The summed E-state index contributed by atoms with van der Waals surface area (Å²) in [6.07, 6.45) is 28.6. The van der Waals surface area contributed by atoms with Crippen molar-refractivity contribution in [3.8, 4) is 12.5 Å². The average Bonchev–Trinajstić information content (AvgIpc) is 3.94. The lowest BCUT2D eigenvalue weighted by molar-refractivity contribution is -0.143. The fourth-order valence-electron chi connectivity index (χ4n) is 5.94. The van der Waals surface area contributed by atoms with Crippen molar-refractivity contribution in [3.05, 3.63) is 71.4 Å². The maximum Gasteiger partial charge on any atom is 0.306 e. The van der Waals surface area contributed by atoms with Gasteiger partial charge in [0.15, 0.2) is 0 Å². The second-order valence-corrected chi connectivity index (χ2v) is 13.8. The molecule has 2 saturated carbocycles. The number of aliphatic hydroxyl groups is 3. The van der Waals surface area contributed by atoms with Crippen molar-refractivity contribution in [2.75, 3.05) is 13.3 Å². The van der Waals surface area contributed by atoms with Gasteiger partial charge in [-0.3, -0.25) is 9.59 Å². The zero-order valence-corrected chi connectivity index (χ0v) is 31.0. The topological polar surface area (TPSA) is 160 Å². The Morgan fingerprint density at radius 1 is 1.12 bits per heavy atom. The Morgan fingerprint density at radius 3 is 2.42 bits per heavy atom. The minimum atomic E-state index is -0.810.